The number of rotatable bonds is 8. The summed E-state index contributed by atoms with van der Waals surface area (Å²) in [6, 6.07) is 14.8. The second-order valence-electron chi connectivity index (χ2n) is 6.40. The van der Waals surface area contributed by atoms with Crippen molar-refractivity contribution in [3.8, 4) is 0 Å². The number of thioether (sulfide) groups is 1. The number of nitrogens with zero attached hydrogens (tertiary/aromatic N) is 3. The highest BCUT2D eigenvalue weighted by molar-refractivity contribution is 8.00. The summed E-state index contributed by atoms with van der Waals surface area (Å²) >= 11 is 8.71. The lowest BCUT2D eigenvalue weighted by atomic mass is 10.2. The fraction of sp³-hybridized carbons (Fsp3) is 0.211. The summed E-state index contributed by atoms with van der Waals surface area (Å²) in [5, 5.41) is 11.5. The van der Waals surface area contributed by atoms with Crippen molar-refractivity contribution in [2.45, 2.75) is 17.0 Å². The van der Waals surface area contributed by atoms with Gasteiger partial charge < -0.3 is 0 Å². The summed E-state index contributed by atoms with van der Waals surface area (Å²) in [6.07, 6.45) is 1.05. The Morgan fingerprint density at radius 1 is 1.20 bits per heavy atom. The highest BCUT2D eigenvalue weighted by Gasteiger charge is 2.23. The summed E-state index contributed by atoms with van der Waals surface area (Å²) in [5.41, 5.74) is 2.20. The quantitative estimate of drug-likeness (QED) is 0.382. The Labute approximate surface area is 188 Å². The SMILES string of the molecule is Cc1cc(Cl)ccc1N(CC(=O)Nc1nnc(SCc2ccccc2)s1)S(C)(=O)=O. The highest BCUT2D eigenvalue weighted by Crippen LogP contribution is 2.29. The van der Waals surface area contributed by atoms with Crippen LogP contribution in [0.2, 0.25) is 5.02 Å². The first kappa shape index (κ1) is 22.5. The van der Waals surface area contributed by atoms with E-state index in [2.05, 4.69) is 15.5 Å². The Kier molecular flexibility index (Phi) is 7.35. The third-order valence-electron chi connectivity index (χ3n) is 3.97. The maximum absolute atomic E-state index is 12.5. The Bertz CT molecular complexity index is 1140. The van der Waals surface area contributed by atoms with E-state index in [4.69, 9.17) is 11.6 Å². The summed E-state index contributed by atoms with van der Waals surface area (Å²) in [7, 11) is -3.68. The fourth-order valence-electron chi connectivity index (χ4n) is 2.61. The fourth-order valence-corrected chi connectivity index (χ4v) is 5.47. The van der Waals surface area contributed by atoms with E-state index in [-0.39, 0.29) is 6.54 Å². The number of sulfonamides is 1. The minimum atomic E-state index is -3.68. The van der Waals surface area contributed by atoms with Crippen molar-refractivity contribution in [2.75, 3.05) is 22.4 Å². The van der Waals surface area contributed by atoms with Crippen LogP contribution in [-0.4, -0.2) is 37.3 Å². The number of aromatic nitrogens is 2. The normalized spacial score (nSPS) is 11.3. The predicted molar refractivity (Wildman–Crippen MR) is 123 cm³/mol. The molecule has 7 nitrogen and oxygen atoms in total. The van der Waals surface area contributed by atoms with Crippen LogP contribution in [0.25, 0.3) is 0 Å². The van der Waals surface area contributed by atoms with E-state index in [1.165, 1.54) is 23.1 Å². The van der Waals surface area contributed by atoms with Gasteiger partial charge in [-0.05, 0) is 36.2 Å². The third kappa shape index (κ3) is 6.18. The molecule has 0 unspecified atom stereocenters. The molecule has 0 saturated carbocycles. The molecular formula is C19H19ClN4O3S3. The van der Waals surface area contributed by atoms with E-state index in [9.17, 15) is 13.2 Å². The summed E-state index contributed by atoms with van der Waals surface area (Å²) in [5.74, 6) is 0.228. The van der Waals surface area contributed by atoms with Crippen LogP contribution in [0, 0.1) is 6.92 Å². The van der Waals surface area contributed by atoms with Gasteiger partial charge in [0.25, 0.3) is 0 Å². The second kappa shape index (κ2) is 9.78. The van der Waals surface area contributed by atoms with E-state index in [0.717, 1.165) is 21.9 Å². The molecule has 3 aromatic rings. The summed E-state index contributed by atoms with van der Waals surface area (Å²) < 4.78 is 26.3. The molecule has 0 aliphatic rings. The van der Waals surface area contributed by atoms with Crippen molar-refractivity contribution in [1.29, 1.82) is 0 Å². The molecule has 0 aliphatic carbocycles. The lowest BCUT2D eigenvalue weighted by Crippen LogP contribution is -2.37. The van der Waals surface area contributed by atoms with Crippen molar-refractivity contribution in [2.24, 2.45) is 0 Å². The van der Waals surface area contributed by atoms with Gasteiger partial charge >= 0.3 is 0 Å². The van der Waals surface area contributed by atoms with E-state index in [0.29, 0.717) is 25.7 Å². The molecular weight excluding hydrogens is 464 g/mol. The number of aryl methyl sites for hydroxylation is 1. The molecule has 0 spiro atoms. The average Bonchev–Trinajstić information content (AvgIpc) is 3.12. The van der Waals surface area contributed by atoms with Gasteiger partial charge in [-0.2, -0.15) is 0 Å². The van der Waals surface area contributed by atoms with Crippen LogP contribution in [-0.2, 0) is 20.6 Å². The molecule has 1 N–H and O–H groups in total. The standard InChI is InChI=1S/C19H19ClN4O3S3/c1-13-10-15(20)8-9-16(13)24(30(2,26)27)11-17(25)21-18-22-23-19(29-18)28-12-14-6-4-3-5-7-14/h3-10H,11-12H2,1-2H3,(H,21,22,25). The van der Waals surface area contributed by atoms with Gasteiger partial charge in [0.1, 0.15) is 6.54 Å². The van der Waals surface area contributed by atoms with Crippen molar-refractivity contribution < 1.29 is 13.2 Å². The minimum absolute atomic E-state index is 0.317. The van der Waals surface area contributed by atoms with Gasteiger partial charge in [0, 0.05) is 10.8 Å². The lowest BCUT2D eigenvalue weighted by Gasteiger charge is -2.23. The van der Waals surface area contributed by atoms with Gasteiger partial charge in [-0.3, -0.25) is 14.4 Å². The minimum Gasteiger partial charge on any atom is -0.299 e. The summed E-state index contributed by atoms with van der Waals surface area (Å²) in [4.78, 5) is 12.5. The molecule has 0 fully saturated rings. The highest BCUT2D eigenvalue weighted by atomic mass is 35.5. The smallest absolute Gasteiger partial charge is 0.246 e. The molecule has 0 atom stereocenters. The monoisotopic (exact) mass is 482 g/mol. The van der Waals surface area contributed by atoms with Crippen LogP contribution in [0.1, 0.15) is 11.1 Å². The molecule has 11 heteroatoms. The zero-order valence-electron chi connectivity index (χ0n) is 16.2. The van der Waals surface area contributed by atoms with Gasteiger partial charge in [0.2, 0.25) is 21.1 Å². The van der Waals surface area contributed by atoms with E-state index >= 15 is 0 Å². The maximum atomic E-state index is 12.5. The average molecular weight is 483 g/mol. The molecule has 158 valence electrons. The Hall–Kier alpha value is -2.14. The van der Waals surface area contributed by atoms with Gasteiger partial charge in [0.15, 0.2) is 4.34 Å². The van der Waals surface area contributed by atoms with Crippen molar-refractivity contribution in [3.63, 3.8) is 0 Å². The van der Waals surface area contributed by atoms with Gasteiger partial charge in [0.05, 0.1) is 11.9 Å². The van der Waals surface area contributed by atoms with E-state index in [1.807, 2.05) is 30.3 Å². The van der Waals surface area contributed by atoms with E-state index < -0.39 is 15.9 Å². The Morgan fingerprint density at radius 2 is 1.93 bits per heavy atom. The first-order chi connectivity index (χ1) is 14.2. The van der Waals surface area contributed by atoms with Gasteiger partial charge in [-0.1, -0.05) is 65.0 Å². The molecule has 30 heavy (non-hydrogen) atoms. The topological polar surface area (TPSA) is 92.3 Å². The molecule has 3 rings (SSSR count). The van der Waals surface area contributed by atoms with Crippen LogP contribution >= 0.6 is 34.7 Å². The molecule has 1 heterocycles. The number of halogens is 1. The maximum Gasteiger partial charge on any atom is 0.246 e. The van der Waals surface area contributed by atoms with Gasteiger partial charge in [-0.25, -0.2) is 8.42 Å². The predicted octanol–water partition coefficient (Wildman–Crippen LogP) is 4.20. The largest absolute Gasteiger partial charge is 0.299 e. The first-order valence-corrected chi connectivity index (χ1v) is 12.8. The van der Waals surface area contributed by atoms with Crippen LogP contribution in [0.15, 0.2) is 52.9 Å². The number of carbonyl (C=O) groups is 1. The molecule has 1 amide bonds. The second-order valence-corrected chi connectivity index (χ2v) is 10.9. The number of anilines is 2. The van der Waals surface area contributed by atoms with Crippen LogP contribution in [0.5, 0.6) is 0 Å². The molecule has 0 aliphatic heterocycles. The summed E-state index contributed by atoms with van der Waals surface area (Å²) in [6.45, 7) is 1.35. The van der Waals surface area contributed by atoms with Crippen LogP contribution in [0.4, 0.5) is 10.8 Å². The van der Waals surface area contributed by atoms with Crippen molar-refractivity contribution >= 4 is 61.4 Å². The van der Waals surface area contributed by atoms with E-state index in [1.54, 1.807) is 25.1 Å². The third-order valence-corrected chi connectivity index (χ3v) is 7.38. The first-order valence-electron chi connectivity index (χ1n) is 8.76. The lowest BCUT2D eigenvalue weighted by molar-refractivity contribution is -0.114. The molecule has 0 bridgehead atoms. The zero-order valence-corrected chi connectivity index (χ0v) is 19.4. The van der Waals surface area contributed by atoms with Gasteiger partial charge in [-0.15, -0.1) is 10.2 Å². The molecule has 0 saturated heterocycles. The Morgan fingerprint density at radius 3 is 2.60 bits per heavy atom. The number of benzene rings is 2. The Balaban J connectivity index is 1.65. The molecule has 0 radical (unpaired) electrons. The van der Waals surface area contributed by atoms with Crippen LogP contribution < -0.4 is 9.62 Å². The van der Waals surface area contributed by atoms with Crippen LogP contribution in [0.3, 0.4) is 0 Å². The number of hydrogen-bond acceptors (Lipinski definition) is 7. The number of carbonyl (C=O) groups excluding carboxylic acids is 1. The molecule has 2 aromatic carbocycles. The number of amides is 1. The molecule has 1 aromatic heterocycles. The van der Waals surface area contributed by atoms with Crippen molar-refractivity contribution in [1.82, 2.24) is 10.2 Å². The van der Waals surface area contributed by atoms with Crippen molar-refractivity contribution in [3.05, 3.63) is 64.7 Å². The zero-order chi connectivity index (χ0) is 21.7. The number of nitrogens with one attached hydrogen (secondary N) is 1. The number of hydrogen-bond donors (Lipinski definition) is 1.